The summed E-state index contributed by atoms with van der Waals surface area (Å²) in [6, 6.07) is 17.4. The molecule has 0 amide bonds. The first-order valence-corrected chi connectivity index (χ1v) is 11.9. The van der Waals surface area contributed by atoms with Gasteiger partial charge < -0.3 is 15.3 Å². The number of hydrogen-bond donors (Lipinski definition) is 2. The van der Waals surface area contributed by atoms with Crippen LogP contribution in [0.2, 0.25) is 0 Å². The SMILES string of the molecule is C.CN1c2cc3c4c(cc(O)c3cc2NC1C#N)C1(CC(C)(C)CC(C)(C)C1)c1ccccc1-4. The second-order valence-corrected chi connectivity index (χ2v) is 12.0. The fourth-order valence-corrected chi connectivity index (χ4v) is 7.78. The standard InChI is InChI=1S/C29H31N3O.CH4/c1-27(2)14-28(3,4)16-29(15-27)20-9-7-6-8-17(20)26-19-11-23-22(31-25(13-30)32(23)5)10-18(19)24(33)12-21(26)29;/h6-12,25,31,33H,14-16H2,1-5H3;1H4. The van der Waals surface area contributed by atoms with Gasteiger partial charge in [-0.3, -0.25) is 0 Å². The largest absolute Gasteiger partial charge is 0.507 e. The van der Waals surface area contributed by atoms with Crippen LogP contribution in [0.3, 0.4) is 0 Å². The maximum absolute atomic E-state index is 11.3. The molecule has 176 valence electrons. The number of nitrogens with one attached hydrogen (secondary N) is 1. The molecule has 3 aromatic carbocycles. The molecule has 1 unspecified atom stereocenters. The Morgan fingerprint density at radius 2 is 1.65 bits per heavy atom. The second-order valence-electron chi connectivity index (χ2n) is 12.0. The van der Waals surface area contributed by atoms with Crippen LogP contribution >= 0.6 is 0 Å². The Balaban J connectivity index is 0.00000241. The molecule has 4 nitrogen and oxygen atoms in total. The summed E-state index contributed by atoms with van der Waals surface area (Å²) in [5.74, 6) is 0.324. The number of nitriles is 1. The number of nitrogens with zero attached hydrogens (tertiary/aromatic N) is 2. The van der Waals surface area contributed by atoms with Crippen LogP contribution in [-0.4, -0.2) is 18.3 Å². The summed E-state index contributed by atoms with van der Waals surface area (Å²) >= 11 is 0. The molecular formula is C30H35N3O. The van der Waals surface area contributed by atoms with Crippen LogP contribution in [0.15, 0.2) is 42.5 Å². The molecular weight excluding hydrogens is 418 g/mol. The van der Waals surface area contributed by atoms with E-state index in [-0.39, 0.29) is 23.7 Å². The number of phenols is 1. The van der Waals surface area contributed by atoms with Crippen molar-refractivity contribution >= 4 is 22.1 Å². The molecule has 1 fully saturated rings. The first kappa shape index (κ1) is 22.6. The molecule has 1 atom stereocenters. The fraction of sp³-hybridized carbons (Fsp3) is 0.433. The summed E-state index contributed by atoms with van der Waals surface area (Å²) in [6.07, 6.45) is 2.94. The van der Waals surface area contributed by atoms with Crippen LogP contribution in [0, 0.1) is 22.2 Å². The number of hydrogen-bond acceptors (Lipinski definition) is 4. The smallest absolute Gasteiger partial charge is 0.189 e. The van der Waals surface area contributed by atoms with Gasteiger partial charge in [0.15, 0.2) is 6.17 Å². The average molecular weight is 454 g/mol. The number of aromatic hydroxyl groups is 1. The number of fused-ring (bicyclic) bond motifs is 8. The van der Waals surface area contributed by atoms with Crippen molar-refractivity contribution in [2.45, 2.75) is 66.0 Å². The molecule has 1 spiro atoms. The molecule has 0 bridgehead atoms. The van der Waals surface area contributed by atoms with Gasteiger partial charge >= 0.3 is 0 Å². The van der Waals surface area contributed by atoms with E-state index in [0.717, 1.165) is 35.0 Å². The van der Waals surface area contributed by atoms with Gasteiger partial charge in [0, 0.05) is 17.8 Å². The summed E-state index contributed by atoms with van der Waals surface area (Å²) in [5.41, 5.74) is 7.39. The molecule has 2 N–H and O–H groups in total. The molecule has 1 heterocycles. The van der Waals surface area contributed by atoms with Crippen LogP contribution in [-0.2, 0) is 5.41 Å². The lowest BCUT2D eigenvalue weighted by Gasteiger charge is -2.51. The molecule has 34 heavy (non-hydrogen) atoms. The Bertz CT molecular complexity index is 1360. The lowest BCUT2D eigenvalue weighted by Crippen LogP contribution is -2.43. The van der Waals surface area contributed by atoms with Crippen LogP contribution in [0.4, 0.5) is 11.4 Å². The highest BCUT2D eigenvalue weighted by Crippen LogP contribution is 2.65. The minimum atomic E-state index is -0.398. The van der Waals surface area contributed by atoms with Gasteiger partial charge in [0.2, 0.25) is 0 Å². The highest BCUT2D eigenvalue weighted by atomic mass is 16.3. The minimum Gasteiger partial charge on any atom is -0.507 e. The quantitative estimate of drug-likeness (QED) is 0.372. The van der Waals surface area contributed by atoms with E-state index in [1.807, 2.05) is 24.1 Å². The van der Waals surface area contributed by atoms with Crippen molar-refractivity contribution in [2.24, 2.45) is 10.8 Å². The zero-order valence-electron chi connectivity index (χ0n) is 20.1. The normalized spacial score (nSPS) is 22.4. The molecule has 0 saturated heterocycles. The summed E-state index contributed by atoms with van der Waals surface area (Å²) in [4.78, 5) is 1.98. The van der Waals surface area contributed by atoms with Gasteiger partial charge in [0.1, 0.15) is 11.8 Å². The van der Waals surface area contributed by atoms with E-state index >= 15 is 0 Å². The molecule has 6 rings (SSSR count). The predicted molar refractivity (Wildman–Crippen MR) is 141 cm³/mol. The highest BCUT2D eigenvalue weighted by Gasteiger charge is 2.53. The van der Waals surface area contributed by atoms with Gasteiger partial charge in [0.05, 0.1) is 11.4 Å². The average Bonchev–Trinajstić information content (AvgIpc) is 3.17. The Hall–Kier alpha value is -3.19. The van der Waals surface area contributed by atoms with Gasteiger partial charge in [-0.1, -0.05) is 59.4 Å². The van der Waals surface area contributed by atoms with Gasteiger partial charge in [-0.2, -0.15) is 5.26 Å². The fourth-order valence-electron chi connectivity index (χ4n) is 7.78. The zero-order valence-corrected chi connectivity index (χ0v) is 20.1. The maximum atomic E-state index is 11.3. The third kappa shape index (κ3) is 2.89. The van der Waals surface area contributed by atoms with E-state index in [2.05, 4.69) is 69.4 Å². The summed E-state index contributed by atoms with van der Waals surface area (Å²) < 4.78 is 0. The lowest BCUT2D eigenvalue weighted by atomic mass is 9.52. The van der Waals surface area contributed by atoms with Crippen molar-refractivity contribution in [1.29, 1.82) is 5.26 Å². The monoisotopic (exact) mass is 453 g/mol. The van der Waals surface area contributed by atoms with Gasteiger partial charge in [-0.25, -0.2) is 0 Å². The van der Waals surface area contributed by atoms with Crippen molar-refractivity contribution in [2.75, 3.05) is 17.3 Å². The van der Waals surface area contributed by atoms with E-state index in [1.165, 1.54) is 28.7 Å². The van der Waals surface area contributed by atoms with Crippen LogP contribution in [0.1, 0.15) is 65.5 Å². The van der Waals surface area contributed by atoms with E-state index in [1.54, 1.807) is 0 Å². The first-order chi connectivity index (χ1) is 15.6. The highest BCUT2D eigenvalue weighted by molar-refractivity contribution is 6.09. The summed E-state index contributed by atoms with van der Waals surface area (Å²) in [7, 11) is 1.95. The van der Waals surface area contributed by atoms with Crippen molar-refractivity contribution in [3.8, 4) is 22.9 Å². The van der Waals surface area contributed by atoms with Gasteiger partial charge in [-0.15, -0.1) is 0 Å². The van der Waals surface area contributed by atoms with E-state index in [4.69, 9.17) is 0 Å². The molecule has 3 aliphatic rings. The summed E-state index contributed by atoms with van der Waals surface area (Å²) in [5, 5.41) is 26.0. The topological polar surface area (TPSA) is 59.3 Å². The molecule has 0 aromatic heterocycles. The van der Waals surface area contributed by atoms with Crippen molar-refractivity contribution in [1.82, 2.24) is 0 Å². The number of anilines is 2. The number of rotatable bonds is 0. The van der Waals surface area contributed by atoms with Crippen molar-refractivity contribution in [3.05, 3.63) is 53.6 Å². The van der Waals surface area contributed by atoms with Crippen LogP contribution in [0.5, 0.6) is 5.75 Å². The Labute approximate surface area is 203 Å². The number of benzene rings is 3. The molecule has 1 saturated carbocycles. The van der Waals surface area contributed by atoms with Crippen LogP contribution in [0.25, 0.3) is 21.9 Å². The molecule has 2 aliphatic carbocycles. The first-order valence-electron chi connectivity index (χ1n) is 11.9. The Kier molecular flexibility index (Phi) is 4.60. The predicted octanol–water partition coefficient (Wildman–Crippen LogP) is 7.40. The molecule has 3 aromatic rings. The zero-order chi connectivity index (χ0) is 23.3. The van der Waals surface area contributed by atoms with Crippen LogP contribution < -0.4 is 10.2 Å². The van der Waals surface area contributed by atoms with Gasteiger partial charge in [0.25, 0.3) is 0 Å². The number of phenolic OH excluding ortho intramolecular Hbond substituents is 1. The molecule has 0 radical (unpaired) electrons. The van der Waals surface area contributed by atoms with Crippen molar-refractivity contribution in [3.63, 3.8) is 0 Å². The minimum absolute atomic E-state index is 0. The van der Waals surface area contributed by atoms with E-state index in [9.17, 15) is 10.4 Å². The lowest BCUT2D eigenvalue weighted by molar-refractivity contribution is 0.0645. The molecule has 4 heteroatoms. The van der Waals surface area contributed by atoms with E-state index < -0.39 is 6.17 Å². The van der Waals surface area contributed by atoms with Gasteiger partial charge in [-0.05, 0) is 75.9 Å². The Morgan fingerprint density at radius 3 is 2.32 bits per heavy atom. The third-order valence-corrected chi connectivity index (χ3v) is 8.16. The van der Waals surface area contributed by atoms with Crippen molar-refractivity contribution < 1.29 is 5.11 Å². The Morgan fingerprint density at radius 1 is 0.971 bits per heavy atom. The molecule has 1 aliphatic heterocycles. The van der Waals surface area contributed by atoms with E-state index in [0.29, 0.717) is 5.75 Å². The third-order valence-electron chi connectivity index (χ3n) is 8.16. The second kappa shape index (κ2) is 6.92. The summed E-state index contributed by atoms with van der Waals surface area (Å²) in [6.45, 7) is 9.58. The maximum Gasteiger partial charge on any atom is 0.189 e.